The molecule has 0 saturated carbocycles. The number of nitrogens with zero attached hydrogens (tertiary/aromatic N) is 3. The highest BCUT2D eigenvalue weighted by atomic mass is 33.1. The van der Waals surface area contributed by atoms with Crippen molar-refractivity contribution in [2.75, 3.05) is 12.3 Å². The monoisotopic (exact) mass is 745 g/mol. The number of anilines is 1. The lowest BCUT2D eigenvalue weighted by atomic mass is 10.0. The van der Waals surface area contributed by atoms with E-state index in [9.17, 15) is 33.1 Å². The van der Waals surface area contributed by atoms with Crippen LogP contribution in [0.4, 0.5) is 5.95 Å². The molecule has 0 aliphatic carbocycles. The Morgan fingerprint density at radius 1 is 1.13 bits per heavy atom. The van der Waals surface area contributed by atoms with E-state index in [0.717, 1.165) is 0 Å². The second kappa shape index (κ2) is 14.6. The fourth-order valence-electron chi connectivity index (χ4n) is 4.25. The molecule has 1 aliphatic rings. The molecule has 7 N–H and O–H groups in total. The van der Waals surface area contributed by atoms with Gasteiger partial charge in [0.15, 0.2) is 11.2 Å². The summed E-state index contributed by atoms with van der Waals surface area (Å²) in [6, 6.07) is 6.78. The number of esters is 1. The average Bonchev–Trinajstić information content (AvgIpc) is 3.52. The van der Waals surface area contributed by atoms with E-state index in [1.165, 1.54) is 10.9 Å². The number of imidazole rings is 1. The maximum Gasteiger partial charge on any atom is 0.490 e. The summed E-state index contributed by atoms with van der Waals surface area (Å²) in [6.45, 7) is 5.09. The molecule has 1 aliphatic heterocycles. The zero-order chi connectivity index (χ0) is 34.0. The molecule has 1 aromatic carbocycles. The molecule has 3 unspecified atom stereocenters. The number of carbonyl (C=O) groups is 1. The minimum atomic E-state index is -5.79. The summed E-state index contributed by atoms with van der Waals surface area (Å²) in [5, 5.41) is 0.214. The van der Waals surface area contributed by atoms with Crippen LogP contribution >= 0.6 is 45.1 Å². The van der Waals surface area contributed by atoms with E-state index in [1.807, 2.05) is 20.8 Å². The Morgan fingerprint density at radius 3 is 2.50 bits per heavy atom. The van der Waals surface area contributed by atoms with Crippen molar-refractivity contribution < 1.29 is 60.7 Å². The molecule has 46 heavy (non-hydrogen) atoms. The van der Waals surface area contributed by atoms with Crippen LogP contribution in [0, 0.1) is 0 Å². The lowest BCUT2D eigenvalue weighted by Crippen LogP contribution is -2.31. The standard InChI is InChI=1S/C22H30N5O14P3S2/c1-11(2)45-46-12(3)13-6-4-5-7-14(13)21(29)39-15-8-17(27-10-24-18-19(27)25-22(23)26-20(18)28)38-16(15)9-37-43(33,34)41-44(35,36)40-42(30,31)32/h4-7,10-12,15-17H,8-9H2,1-3H3,(H,33,34)(H,35,36)(H2,30,31,32)(H3,23,25,26,28)/t12?,15-,16-,17-/m1/s1. The molecule has 2 aromatic heterocycles. The Hall–Kier alpha value is -2.09. The number of benzene rings is 1. The van der Waals surface area contributed by atoms with Crippen LogP contribution in [0.2, 0.25) is 0 Å². The van der Waals surface area contributed by atoms with Crippen LogP contribution in [0.3, 0.4) is 0 Å². The summed E-state index contributed by atoms with van der Waals surface area (Å²) in [5.41, 5.74) is 5.92. The molecule has 19 nitrogen and oxygen atoms in total. The molecule has 4 rings (SSSR count). The highest BCUT2D eigenvalue weighted by molar-refractivity contribution is 8.77. The molecule has 0 bridgehead atoms. The van der Waals surface area contributed by atoms with Gasteiger partial charge >= 0.3 is 29.4 Å². The van der Waals surface area contributed by atoms with Crippen molar-refractivity contribution in [2.45, 2.75) is 56.1 Å². The van der Waals surface area contributed by atoms with E-state index in [2.05, 4.69) is 23.6 Å². The number of H-pyrrole nitrogens is 1. The predicted molar refractivity (Wildman–Crippen MR) is 165 cm³/mol. The highest BCUT2D eigenvalue weighted by Crippen LogP contribution is 2.66. The molecule has 254 valence electrons. The van der Waals surface area contributed by atoms with Crippen molar-refractivity contribution in [1.82, 2.24) is 19.5 Å². The fourth-order valence-corrected chi connectivity index (χ4v) is 9.46. The molecule has 1 fully saturated rings. The van der Waals surface area contributed by atoms with Gasteiger partial charge in [-0.1, -0.05) is 53.6 Å². The second-order valence-electron chi connectivity index (χ2n) is 9.94. The maximum atomic E-state index is 13.5. The maximum absolute atomic E-state index is 13.5. The normalized spacial score (nSPS) is 22.0. The molecular weight excluding hydrogens is 715 g/mol. The zero-order valence-corrected chi connectivity index (χ0v) is 28.5. The number of hydrogen-bond acceptors (Lipinski definition) is 15. The Labute approximate surface area is 268 Å². The lowest BCUT2D eigenvalue weighted by molar-refractivity contribution is -0.0490. The molecule has 24 heteroatoms. The number of carbonyl (C=O) groups excluding carboxylic acids is 1. The summed E-state index contributed by atoms with van der Waals surface area (Å²) >= 11 is 0. The van der Waals surface area contributed by atoms with E-state index >= 15 is 0 Å². The smallest absolute Gasteiger partial charge is 0.456 e. The van der Waals surface area contributed by atoms with Crippen LogP contribution in [0.5, 0.6) is 0 Å². The van der Waals surface area contributed by atoms with Crippen molar-refractivity contribution in [1.29, 1.82) is 0 Å². The summed E-state index contributed by atoms with van der Waals surface area (Å²) in [4.78, 5) is 73.2. The molecule has 1 saturated heterocycles. The first-order valence-electron chi connectivity index (χ1n) is 13.1. The van der Waals surface area contributed by atoms with Gasteiger partial charge in [-0.3, -0.25) is 18.9 Å². The van der Waals surface area contributed by atoms with E-state index in [1.54, 1.807) is 45.9 Å². The summed E-state index contributed by atoms with van der Waals surface area (Å²) in [5.74, 6) is -0.979. The Balaban J connectivity index is 1.59. The van der Waals surface area contributed by atoms with Gasteiger partial charge in [0.25, 0.3) is 5.56 Å². The number of ether oxygens (including phenoxy) is 2. The van der Waals surface area contributed by atoms with Gasteiger partial charge in [-0.25, -0.2) is 23.5 Å². The molecular formula is C22H30N5O14P3S2. The number of rotatable bonds is 14. The van der Waals surface area contributed by atoms with Gasteiger partial charge in [0.1, 0.15) is 18.4 Å². The molecule has 0 radical (unpaired) electrons. The van der Waals surface area contributed by atoms with Gasteiger partial charge in [0.05, 0.1) is 18.5 Å². The van der Waals surface area contributed by atoms with E-state index in [-0.39, 0.29) is 34.3 Å². The van der Waals surface area contributed by atoms with Crippen LogP contribution in [-0.4, -0.2) is 69.1 Å². The van der Waals surface area contributed by atoms with Gasteiger partial charge in [-0.15, -0.1) is 0 Å². The first kappa shape index (κ1) is 36.7. The third kappa shape index (κ3) is 9.73. The minimum Gasteiger partial charge on any atom is -0.456 e. The summed E-state index contributed by atoms with van der Waals surface area (Å²) in [6.07, 6.45) is -2.47. The summed E-state index contributed by atoms with van der Waals surface area (Å²) < 4.78 is 60.4. The van der Waals surface area contributed by atoms with Gasteiger partial charge < -0.3 is 34.8 Å². The van der Waals surface area contributed by atoms with Crippen LogP contribution in [-0.2, 0) is 36.3 Å². The third-order valence-corrected chi connectivity index (χ3v) is 13.2. The minimum absolute atomic E-state index is 0.0173. The van der Waals surface area contributed by atoms with Crippen molar-refractivity contribution >= 4 is 68.1 Å². The number of phosphoric acid groups is 3. The SMILES string of the molecule is CC(C)SSC(C)c1ccccc1C(=O)O[C@@H]1C[C@H](n2cnc3c(=O)[nH]c(N)nc32)O[C@@H]1COP(=O)(O)OP(=O)(O)OP(=O)(O)O. The van der Waals surface area contributed by atoms with Crippen molar-refractivity contribution in [3.63, 3.8) is 0 Å². The number of nitrogens with one attached hydrogen (secondary N) is 1. The zero-order valence-electron chi connectivity index (χ0n) is 24.1. The summed E-state index contributed by atoms with van der Waals surface area (Å²) in [7, 11) is -13.7. The van der Waals surface area contributed by atoms with Crippen molar-refractivity contribution in [2.24, 2.45) is 0 Å². The first-order chi connectivity index (χ1) is 21.3. The number of aromatic amines is 1. The number of nitrogens with two attached hydrogens (primary N) is 1. The second-order valence-corrected chi connectivity index (χ2v) is 17.6. The van der Waals surface area contributed by atoms with E-state index in [4.69, 9.17) is 29.5 Å². The first-order valence-corrected chi connectivity index (χ1v) is 19.9. The van der Waals surface area contributed by atoms with Crippen LogP contribution < -0.4 is 11.3 Å². The predicted octanol–water partition coefficient (Wildman–Crippen LogP) is 3.41. The fraction of sp³-hybridized carbons (Fsp3) is 0.455. The Morgan fingerprint density at radius 2 is 1.83 bits per heavy atom. The van der Waals surface area contributed by atoms with Crippen molar-refractivity contribution in [3.05, 3.63) is 52.1 Å². The highest BCUT2D eigenvalue weighted by Gasteiger charge is 2.44. The number of nitrogen functional groups attached to an aromatic ring is 1. The van der Waals surface area contributed by atoms with Crippen LogP contribution in [0.1, 0.15) is 54.6 Å². The molecule has 6 atom stereocenters. The van der Waals surface area contributed by atoms with Crippen LogP contribution in [0.25, 0.3) is 11.2 Å². The molecule has 0 spiro atoms. The quantitative estimate of drug-likeness (QED) is 0.0783. The molecule has 3 heterocycles. The Bertz CT molecular complexity index is 1780. The number of phosphoric ester groups is 1. The van der Waals surface area contributed by atoms with E-state index < -0.39 is 60.0 Å². The molecule has 0 amide bonds. The number of hydrogen-bond donors (Lipinski definition) is 6. The number of aromatic nitrogens is 4. The lowest BCUT2D eigenvalue weighted by Gasteiger charge is -2.22. The van der Waals surface area contributed by atoms with E-state index in [0.29, 0.717) is 10.8 Å². The van der Waals surface area contributed by atoms with Gasteiger partial charge in [-0.05, 0) is 18.6 Å². The van der Waals surface area contributed by atoms with Gasteiger partial charge in [-0.2, -0.15) is 13.6 Å². The van der Waals surface area contributed by atoms with Crippen LogP contribution in [0.15, 0.2) is 35.4 Å². The number of fused-ring (bicyclic) bond motifs is 1. The van der Waals surface area contributed by atoms with Gasteiger partial charge in [0.2, 0.25) is 5.95 Å². The Kier molecular flexibility index (Phi) is 11.6. The average molecular weight is 746 g/mol. The third-order valence-electron chi connectivity index (χ3n) is 6.03. The van der Waals surface area contributed by atoms with Crippen molar-refractivity contribution in [3.8, 4) is 0 Å². The molecule has 3 aromatic rings. The topological polar surface area (TPSA) is 285 Å². The van der Waals surface area contributed by atoms with Gasteiger partial charge in [0, 0.05) is 16.9 Å². The largest absolute Gasteiger partial charge is 0.490 e.